The summed E-state index contributed by atoms with van der Waals surface area (Å²) in [6, 6.07) is 0. The highest BCUT2D eigenvalue weighted by Gasteiger charge is 2.55. The Bertz CT molecular complexity index is 714. The summed E-state index contributed by atoms with van der Waals surface area (Å²) in [7, 11) is 0. The number of hydrogen-bond acceptors (Lipinski definition) is 5. The van der Waals surface area contributed by atoms with Crippen molar-refractivity contribution in [1.29, 1.82) is 0 Å². The third-order valence-corrected chi connectivity index (χ3v) is 6.69. The second kappa shape index (κ2) is 9.79. The van der Waals surface area contributed by atoms with Crippen LogP contribution in [0.1, 0.15) is 75.4 Å². The van der Waals surface area contributed by atoms with Crippen LogP contribution in [-0.4, -0.2) is 34.9 Å². The Balaban J connectivity index is 1.65. The summed E-state index contributed by atoms with van der Waals surface area (Å²) in [4.78, 5) is 28.6. The van der Waals surface area contributed by atoms with Crippen molar-refractivity contribution in [3.8, 4) is 0 Å². The molecule has 5 nitrogen and oxygen atoms in total. The van der Waals surface area contributed by atoms with Crippen LogP contribution in [0.5, 0.6) is 0 Å². The topological polar surface area (TPSA) is 71.6 Å². The van der Waals surface area contributed by atoms with Gasteiger partial charge in [-0.25, -0.2) is 4.98 Å². The third kappa shape index (κ3) is 5.98. The number of ketones is 1. The lowest BCUT2D eigenvalue weighted by Crippen LogP contribution is -2.35. The maximum Gasteiger partial charge on any atom is 0.220 e. The van der Waals surface area contributed by atoms with Gasteiger partial charge in [0, 0.05) is 37.1 Å². The third-order valence-electron chi connectivity index (χ3n) is 5.90. The average molecular weight is 405 g/mol. The number of epoxide rings is 1. The monoisotopic (exact) mass is 404 g/mol. The predicted molar refractivity (Wildman–Crippen MR) is 112 cm³/mol. The van der Waals surface area contributed by atoms with Gasteiger partial charge in [0.2, 0.25) is 5.91 Å². The summed E-state index contributed by atoms with van der Waals surface area (Å²) in [5.74, 6) is 0.416. The zero-order valence-corrected chi connectivity index (χ0v) is 17.9. The molecule has 0 radical (unpaired) electrons. The van der Waals surface area contributed by atoms with E-state index in [1.165, 1.54) is 0 Å². The summed E-state index contributed by atoms with van der Waals surface area (Å²) < 4.78 is 6.11. The average Bonchev–Trinajstić information content (AvgIpc) is 3.12. The van der Waals surface area contributed by atoms with E-state index in [0.717, 1.165) is 42.8 Å². The van der Waals surface area contributed by atoms with Gasteiger partial charge in [-0.05, 0) is 39.2 Å². The zero-order chi connectivity index (χ0) is 20.0. The van der Waals surface area contributed by atoms with Crippen LogP contribution in [0, 0.1) is 12.8 Å². The molecule has 3 unspecified atom stereocenters. The van der Waals surface area contributed by atoms with Crippen LogP contribution in [0.4, 0.5) is 0 Å². The molecule has 1 aromatic rings. The van der Waals surface area contributed by atoms with Crippen LogP contribution in [0.15, 0.2) is 11.5 Å². The Morgan fingerprint density at radius 3 is 2.75 bits per heavy atom. The van der Waals surface area contributed by atoms with Crippen LogP contribution < -0.4 is 5.32 Å². The number of rotatable bonds is 2. The molecule has 1 N–H and O–H groups in total. The van der Waals surface area contributed by atoms with Crippen molar-refractivity contribution >= 4 is 29.1 Å². The highest BCUT2D eigenvalue weighted by atomic mass is 32.1. The molecule has 2 fully saturated rings. The fraction of sp³-hybridized carbons (Fsp3) is 0.682. The summed E-state index contributed by atoms with van der Waals surface area (Å²) >= 11 is 1.64. The quantitative estimate of drug-likeness (QED) is 0.739. The predicted octanol–water partition coefficient (Wildman–Crippen LogP) is 4.45. The summed E-state index contributed by atoms with van der Waals surface area (Å²) in [6.45, 7) is 4.72. The Hall–Kier alpha value is -1.53. The molecule has 3 heterocycles. The van der Waals surface area contributed by atoms with E-state index in [-0.39, 0.29) is 29.3 Å². The van der Waals surface area contributed by atoms with Gasteiger partial charge in [0.05, 0.1) is 22.4 Å². The molecule has 0 aliphatic carbocycles. The maximum absolute atomic E-state index is 12.2. The molecular formula is C22H32N2O3S. The van der Waals surface area contributed by atoms with Crippen molar-refractivity contribution in [2.45, 2.75) is 83.3 Å². The molecule has 1 aromatic heterocycles. The van der Waals surface area contributed by atoms with E-state index >= 15 is 0 Å². The van der Waals surface area contributed by atoms with Gasteiger partial charge in [-0.1, -0.05) is 25.3 Å². The van der Waals surface area contributed by atoms with Crippen molar-refractivity contribution in [3.05, 3.63) is 22.2 Å². The first-order valence-corrected chi connectivity index (χ1v) is 11.4. The molecule has 3 atom stereocenters. The lowest BCUT2D eigenvalue weighted by Gasteiger charge is -2.19. The van der Waals surface area contributed by atoms with E-state index in [9.17, 15) is 9.59 Å². The van der Waals surface area contributed by atoms with Gasteiger partial charge in [0.25, 0.3) is 0 Å². The second-order valence-corrected chi connectivity index (χ2v) is 9.26. The number of fused-ring (bicyclic) bond motifs is 1. The smallest absolute Gasteiger partial charge is 0.220 e. The number of Topliss-reactive ketones (excluding diaryl/α,β-unsaturated/α-hetero) is 1. The van der Waals surface area contributed by atoms with Crippen LogP contribution in [-0.2, 0) is 14.3 Å². The minimum Gasteiger partial charge on any atom is -0.366 e. The number of amides is 1. The number of nitrogens with one attached hydrogen (secondary N) is 1. The summed E-state index contributed by atoms with van der Waals surface area (Å²) in [5.41, 5.74) is 0.738. The molecule has 154 valence electrons. The van der Waals surface area contributed by atoms with Gasteiger partial charge in [-0.2, -0.15) is 0 Å². The molecule has 2 saturated heterocycles. The Kier molecular flexibility index (Phi) is 7.41. The van der Waals surface area contributed by atoms with E-state index < -0.39 is 0 Å². The molecule has 28 heavy (non-hydrogen) atoms. The van der Waals surface area contributed by atoms with E-state index in [1.54, 1.807) is 11.3 Å². The maximum atomic E-state index is 12.2. The van der Waals surface area contributed by atoms with Gasteiger partial charge < -0.3 is 10.1 Å². The minimum atomic E-state index is -0.220. The first-order chi connectivity index (χ1) is 13.5. The van der Waals surface area contributed by atoms with Crippen LogP contribution in [0.3, 0.4) is 0 Å². The van der Waals surface area contributed by atoms with E-state index in [1.807, 2.05) is 18.4 Å². The largest absolute Gasteiger partial charge is 0.366 e. The Labute approximate surface area is 172 Å². The zero-order valence-electron chi connectivity index (χ0n) is 17.0. The molecule has 3 rings (SSSR count). The van der Waals surface area contributed by atoms with Gasteiger partial charge in [-0.3, -0.25) is 9.59 Å². The van der Waals surface area contributed by atoms with Gasteiger partial charge in [-0.15, -0.1) is 11.3 Å². The number of thiazole rings is 1. The van der Waals surface area contributed by atoms with Crippen molar-refractivity contribution in [1.82, 2.24) is 10.3 Å². The fourth-order valence-corrected chi connectivity index (χ4v) is 4.55. The molecule has 0 aromatic carbocycles. The number of hydrogen-bond donors (Lipinski definition) is 1. The number of aryl methyl sites for hydroxylation is 1. The summed E-state index contributed by atoms with van der Waals surface area (Å²) in [6.07, 6.45) is 12.0. The van der Waals surface area contributed by atoms with E-state index in [0.29, 0.717) is 32.2 Å². The highest BCUT2D eigenvalue weighted by molar-refractivity contribution is 7.09. The molecule has 0 saturated carbocycles. The van der Waals surface area contributed by atoms with Gasteiger partial charge in [0.1, 0.15) is 5.78 Å². The number of nitrogens with zero attached hydrogens (tertiary/aromatic N) is 1. The SMILES string of the molecule is Cc1nc(/C=C/C2CNC(=O)CCCC(=O)CCCCCCC3OC23C)cs1. The lowest BCUT2D eigenvalue weighted by molar-refractivity contribution is -0.121. The normalized spacial score (nSPS) is 30.8. The van der Waals surface area contributed by atoms with E-state index in [2.05, 4.69) is 23.3 Å². The summed E-state index contributed by atoms with van der Waals surface area (Å²) in [5, 5.41) is 6.15. The molecule has 0 spiro atoms. The number of aromatic nitrogens is 1. The molecular weight excluding hydrogens is 372 g/mol. The fourth-order valence-electron chi connectivity index (χ4n) is 3.97. The number of carbonyl (C=O) groups is 2. The molecule has 2 aliphatic rings. The van der Waals surface area contributed by atoms with Gasteiger partial charge in [0.15, 0.2) is 0 Å². The lowest BCUT2D eigenvalue weighted by atomic mass is 9.87. The number of ether oxygens (including phenoxy) is 1. The Morgan fingerprint density at radius 1 is 1.18 bits per heavy atom. The van der Waals surface area contributed by atoms with Crippen LogP contribution in [0.2, 0.25) is 0 Å². The first kappa shape index (κ1) is 21.2. The van der Waals surface area contributed by atoms with E-state index in [4.69, 9.17) is 4.74 Å². The standard InChI is InChI=1S/C22H32N2O3S/c1-16-24-18(15-28-16)13-12-17-14-23-21(26)11-7-9-19(25)8-5-3-4-6-10-20-22(17,2)27-20/h12-13,15,17,20H,3-11,14H2,1-2H3,(H,23,26)/b13-12+. The van der Waals surface area contributed by atoms with Crippen molar-refractivity contribution in [3.63, 3.8) is 0 Å². The second-order valence-electron chi connectivity index (χ2n) is 8.20. The first-order valence-electron chi connectivity index (χ1n) is 10.5. The molecule has 2 aliphatic heterocycles. The van der Waals surface area contributed by atoms with Crippen molar-refractivity contribution in [2.75, 3.05) is 6.54 Å². The Morgan fingerprint density at radius 2 is 1.96 bits per heavy atom. The molecule has 6 heteroatoms. The van der Waals surface area contributed by atoms with Crippen molar-refractivity contribution < 1.29 is 14.3 Å². The van der Waals surface area contributed by atoms with Crippen LogP contribution >= 0.6 is 11.3 Å². The minimum absolute atomic E-state index is 0.0172. The molecule has 0 bridgehead atoms. The molecule has 1 amide bonds. The van der Waals surface area contributed by atoms with Gasteiger partial charge >= 0.3 is 0 Å². The number of carbonyl (C=O) groups excluding carboxylic acids is 2. The van der Waals surface area contributed by atoms with Crippen LogP contribution in [0.25, 0.3) is 6.08 Å². The van der Waals surface area contributed by atoms with Crippen molar-refractivity contribution in [2.24, 2.45) is 5.92 Å². The highest BCUT2D eigenvalue weighted by Crippen LogP contribution is 2.46.